The van der Waals surface area contributed by atoms with Crippen molar-refractivity contribution in [2.24, 2.45) is 0 Å². The molecule has 1 saturated carbocycles. The van der Waals surface area contributed by atoms with E-state index in [1.54, 1.807) is 4.57 Å². The van der Waals surface area contributed by atoms with E-state index in [9.17, 15) is 4.79 Å². The zero-order valence-electron chi connectivity index (χ0n) is 13.4. The van der Waals surface area contributed by atoms with Crippen molar-refractivity contribution in [2.75, 3.05) is 0 Å². The van der Waals surface area contributed by atoms with Gasteiger partial charge in [0.1, 0.15) is 0 Å². The minimum Gasteiger partial charge on any atom is -0.260 e. The summed E-state index contributed by atoms with van der Waals surface area (Å²) in [5.41, 5.74) is 2.38. The monoisotopic (exact) mass is 338 g/mol. The van der Waals surface area contributed by atoms with Crippen LogP contribution in [-0.2, 0) is 0 Å². The van der Waals surface area contributed by atoms with E-state index < -0.39 is 0 Å². The van der Waals surface area contributed by atoms with Crippen LogP contribution < -0.4 is 5.69 Å². The van der Waals surface area contributed by atoms with Gasteiger partial charge in [-0.2, -0.15) is 4.98 Å². The number of benzene rings is 2. The van der Waals surface area contributed by atoms with E-state index in [2.05, 4.69) is 4.98 Å². The van der Waals surface area contributed by atoms with Crippen molar-refractivity contribution in [3.8, 4) is 5.69 Å². The van der Waals surface area contributed by atoms with Crippen LogP contribution in [0, 0.1) is 0 Å². The molecule has 0 atom stereocenters. The van der Waals surface area contributed by atoms with Gasteiger partial charge in [0.25, 0.3) is 0 Å². The van der Waals surface area contributed by atoms with Gasteiger partial charge in [0.05, 0.1) is 16.9 Å². The lowest BCUT2D eigenvalue weighted by atomic mass is 9.85. The number of aromatic nitrogens is 2. The van der Waals surface area contributed by atoms with E-state index >= 15 is 0 Å². The van der Waals surface area contributed by atoms with Crippen molar-refractivity contribution in [1.29, 1.82) is 0 Å². The van der Waals surface area contributed by atoms with Gasteiger partial charge in [0, 0.05) is 16.3 Å². The van der Waals surface area contributed by atoms with Gasteiger partial charge in [-0.3, -0.25) is 4.57 Å². The lowest BCUT2D eigenvalue weighted by Crippen LogP contribution is -2.25. The minimum absolute atomic E-state index is 0.225. The second-order valence-corrected chi connectivity index (χ2v) is 6.88. The summed E-state index contributed by atoms with van der Waals surface area (Å²) >= 11 is 6.23. The van der Waals surface area contributed by atoms with Crippen molar-refractivity contribution >= 4 is 22.5 Å². The molecule has 4 rings (SSSR count). The van der Waals surface area contributed by atoms with E-state index in [4.69, 9.17) is 11.6 Å². The highest BCUT2D eigenvalue weighted by Crippen LogP contribution is 2.35. The summed E-state index contributed by atoms with van der Waals surface area (Å²) in [6, 6.07) is 15.4. The fraction of sp³-hybridized carbons (Fsp3) is 0.300. The molecule has 0 unspecified atom stereocenters. The van der Waals surface area contributed by atoms with Crippen LogP contribution in [-0.4, -0.2) is 9.55 Å². The molecule has 0 N–H and O–H groups in total. The second-order valence-electron chi connectivity index (χ2n) is 6.45. The predicted molar refractivity (Wildman–Crippen MR) is 98.2 cm³/mol. The second kappa shape index (κ2) is 6.40. The predicted octanol–water partition coefficient (Wildman–Crippen LogP) is 5.09. The molecule has 24 heavy (non-hydrogen) atoms. The Morgan fingerprint density at radius 3 is 2.50 bits per heavy atom. The van der Waals surface area contributed by atoms with E-state index in [1.807, 2.05) is 48.5 Å². The first-order chi connectivity index (χ1) is 11.7. The Hall–Kier alpha value is -2.13. The molecule has 1 aliphatic carbocycles. The SMILES string of the molecule is O=c1nc(C2CCCCC2)c2ccc(Cl)cc2n1-c1ccccc1. The number of fused-ring (bicyclic) bond motifs is 1. The summed E-state index contributed by atoms with van der Waals surface area (Å²) in [5.74, 6) is 0.376. The van der Waals surface area contributed by atoms with Crippen LogP contribution in [0.5, 0.6) is 0 Å². The van der Waals surface area contributed by atoms with E-state index in [-0.39, 0.29) is 5.69 Å². The van der Waals surface area contributed by atoms with Crippen molar-refractivity contribution in [1.82, 2.24) is 9.55 Å². The van der Waals surface area contributed by atoms with Crippen LogP contribution in [0.1, 0.15) is 43.7 Å². The third-order valence-electron chi connectivity index (χ3n) is 4.89. The topological polar surface area (TPSA) is 34.9 Å². The highest BCUT2D eigenvalue weighted by Gasteiger charge is 2.21. The van der Waals surface area contributed by atoms with Gasteiger partial charge in [-0.1, -0.05) is 49.1 Å². The number of rotatable bonds is 2. The standard InChI is InChI=1S/C20H19ClN2O/c21-15-11-12-17-18(13-15)23(16-9-5-2-6-10-16)20(24)22-19(17)14-7-3-1-4-8-14/h2,5-6,9-14H,1,3-4,7-8H2. The molecule has 0 saturated heterocycles. The van der Waals surface area contributed by atoms with Gasteiger partial charge in [-0.25, -0.2) is 4.79 Å². The first-order valence-electron chi connectivity index (χ1n) is 8.52. The van der Waals surface area contributed by atoms with E-state index in [1.165, 1.54) is 19.3 Å². The van der Waals surface area contributed by atoms with E-state index in [0.29, 0.717) is 10.9 Å². The van der Waals surface area contributed by atoms with Gasteiger partial charge >= 0.3 is 5.69 Å². The molecule has 4 heteroatoms. The van der Waals surface area contributed by atoms with Crippen molar-refractivity contribution in [3.63, 3.8) is 0 Å². The zero-order valence-corrected chi connectivity index (χ0v) is 14.2. The molecule has 0 bridgehead atoms. The van der Waals surface area contributed by atoms with Gasteiger partial charge in [-0.15, -0.1) is 0 Å². The van der Waals surface area contributed by atoms with Gasteiger partial charge in [0.15, 0.2) is 0 Å². The average molecular weight is 339 g/mol. The largest absolute Gasteiger partial charge is 0.352 e. The molecule has 0 radical (unpaired) electrons. The highest BCUT2D eigenvalue weighted by atomic mass is 35.5. The Morgan fingerprint density at radius 1 is 1.00 bits per heavy atom. The Bertz CT molecular complexity index is 928. The normalized spacial score (nSPS) is 15.7. The molecule has 3 aromatic rings. The van der Waals surface area contributed by atoms with Gasteiger partial charge in [-0.05, 0) is 43.2 Å². The summed E-state index contributed by atoms with van der Waals surface area (Å²) in [4.78, 5) is 17.3. The molecule has 1 aromatic heterocycles. The fourth-order valence-electron chi connectivity index (χ4n) is 3.74. The van der Waals surface area contributed by atoms with Crippen molar-refractivity contribution < 1.29 is 0 Å². The third-order valence-corrected chi connectivity index (χ3v) is 5.13. The Balaban J connectivity index is 2.00. The number of hydrogen-bond donors (Lipinski definition) is 0. The fourth-order valence-corrected chi connectivity index (χ4v) is 3.90. The molecule has 0 aliphatic heterocycles. The summed E-state index contributed by atoms with van der Waals surface area (Å²) in [7, 11) is 0. The lowest BCUT2D eigenvalue weighted by molar-refractivity contribution is 0.437. The Kier molecular flexibility index (Phi) is 4.11. The summed E-state index contributed by atoms with van der Waals surface area (Å²) < 4.78 is 1.66. The number of hydrogen-bond acceptors (Lipinski definition) is 2. The number of halogens is 1. The molecule has 1 fully saturated rings. The van der Waals surface area contributed by atoms with Crippen molar-refractivity contribution in [3.05, 3.63) is 69.7 Å². The Morgan fingerprint density at radius 2 is 1.75 bits per heavy atom. The molecule has 122 valence electrons. The Labute approximate surface area is 145 Å². The maximum absolute atomic E-state index is 12.8. The van der Waals surface area contributed by atoms with Crippen molar-refractivity contribution in [2.45, 2.75) is 38.0 Å². The van der Waals surface area contributed by atoms with Crippen LogP contribution in [0.25, 0.3) is 16.6 Å². The summed E-state index contributed by atoms with van der Waals surface area (Å²) in [6.07, 6.45) is 5.92. The minimum atomic E-state index is -0.225. The van der Waals surface area contributed by atoms with Gasteiger partial charge in [0.2, 0.25) is 0 Å². The van der Waals surface area contributed by atoms with Gasteiger partial charge < -0.3 is 0 Å². The number of nitrogens with zero attached hydrogens (tertiary/aromatic N) is 2. The number of para-hydroxylation sites is 1. The maximum Gasteiger partial charge on any atom is 0.352 e. The molecule has 0 amide bonds. The molecule has 0 spiro atoms. The summed E-state index contributed by atoms with van der Waals surface area (Å²) in [5, 5.41) is 1.67. The average Bonchev–Trinajstić information content (AvgIpc) is 2.62. The van der Waals surface area contributed by atoms with Crippen LogP contribution >= 0.6 is 11.6 Å². The first-order valence-corrected chi connectivity index (χ1v) is 8.89. The lowest BCUT2D eigenvalue weighted by Gasteiger charge is -2.23. The van der Waals surface area contributed by atoms with Crippen LogP contribution in [0.3, 0.4) is 0 Å². The third kappa shape index (κ3) is 2.73. The molecular formula is C20H19ClN2O. The molecule has 2 aromatic carbocycles. The maximum atomic E-state index is 12.8. The van der Waals surface area contributed by atoms with Crippen LogP contribution in [0.4, 0.5) is 0 Å². The summed E-state index contributed by atoms with van der Waals surface area (Å²) in [6.45, 7) is 0. The van der Waals surface area contributed by atoms with Crippen LogP contribution in [0.2, 0.25) is 5.02 Å². The quantitative estimate of drug-likeness (QED) is 0.652. The first kappa shape index (κ1) is 15.4. The molecule has 1 aliphatic rings. The molecule has 3 nitrogen and oxygen atoms in total. The highest BCUT2D eigenvalue weighted by molar-refractivity contribution is 6.31. The zero-order chi connectivity index (χ0) is 16.5. The molecular weight excluding hydrogens is 320 g/mol. The smallest absolute Gasteiger partial charge is 0.260 e. The van der Waals surface area contributed by atoms with Crippen LogP contribution in [0.15, 0.2) is 53.3 Å². The molecule has 1 heterocycles. The van der Waals surface area contributed by atoms with E-state index in [0.717, 1.165) is 35.1 Å².